The molecule has 0 atom stereocenters. The monoisotopic (exact) mass is 357 g/mol. The number of carbonyl (C=O) groups is 1. The number of nitrogens with two attached hydrogens (primary N) is 2. The minimum atomic E-state index is -0.502. The standard InChI is InChI=1S/C19H23N3O4/c20-18(22-24)14-8-2-4-10-16(14)25-12-6-1-7-13-26-17-11-5-3-9-15(17)19(21)23/h2-5,8-11,24H,1,6-7,12-13H2,(H2,20,22)(H2,21,23). The van der Waals surface area contributed by atoms with Crippen molar-refractivity contribution < 1.29 is 19.5 Å². The summed E-state index contributed by atoms with van der Waals surface area (Å²) in [5, 5.41) is 11.8. The lowest BCUT2D eigenvalue weighted by molar-refractivity contribution is 0.0996. The van der Waals surface area contributed by atoms with Gasteiger partial charge in [0.05, 0.1) is 24.3 Å². The molecule has 0 spiro atoms. The van der Waals surface area contributed by atoms with Crippen LogP contribution in [-0.4, -0.2) is 30.2 Å². The number of amidine groups is 1. The fourth-order valence-corrected chi connectivity index (χ4v) is 2.40. The van der Waals surface area contributed by atoms with Crippen molar-refractivity contribution in [1.29, 1.82) is 0 Å². The van der Waals surface area contributed by atoms with E-state index in [1.54, 1.807) is 42.5 Å². The van der Waals surface area contributed by atoms with Crippen molar-refractivity contribution in [2.24, 2.45) is 16.6 Å². The third-order valence-corrected chi connectivity index (χ3v) is 3.73. The Balaban J connectivity index is 1.70. The van der Waals surface area contributed by atoms with Crippen LogP contribution in [0, 0.1) is 0 Å². The Labute approximate surface area is 152 Å². The van der Waals surface area contributed by atoms with E-state index >= 15 is 0 Å². The SMILES string of the molecule is NC(=O)c1ccccc1OCCCCCOc1ccccc1C(N)=NO. The molecule has 7 heteroatoms. The molecule has 5 N–H and O–H groups in total. The first-order valence-electron chi connectivity index (χ1n) is 8.35. The molecule has 0 bridgehead atoms. The maximum atomic E-state index is 11.3. The van der Waals surface area contributed by atoms with Gasteiger partial charge in [-0.3, -0.25) is 4.79 Å². The molecule has 26 heavy (non-hydrogen) atoms. The van der Waals surface area contributed by atoms with E-state index in [1.807, 2.05) is 6.07 Å². The highest BCUT2D eigenvalue weighted by Gasteiger charge is 2.08. The summed E-state index contributed by atoms with van der Waals surface area (Å²) < 4.78 is 11.3. The number of hydrogen-bond donors (Lipinski definition) is 3. The van der Waals surface area contributed by atoms with Crippen LogP contribution in [-0.2, 0) is 0 Å². The predicted octanol–water partition coefficient (Wildman–Crippen LogP) is 2.51. The fraction of sp³-hybridized carbons (Fsp3) is 0.263. The smallest absolute Gasteiger partial charge is 0.252 e. The fourth-order valence-electron chi connectivity index (χ4n) is 2.40. The molecule has 0 saturated heterocycles. The summed E-state index contributed by atoms with van der Waals surface area (Å²) in [5.41, 5.74) is 11.9. The Morgan fingerprint density at radius 1 is 0.846 bits per heavy atom. The Bertz CT molecular complexity index is 762. The number of oxime groups is 1. The topological polar surface area (TPSA) is 120 Å². The van der Waals surface area contributed by atoms with Crippen LogP contribution < -0.4 is 20.9 Å². The number of amides is 1. The van der Waals surface area contributed by atoms with Crippen LogP contribution in [0.2, 0.25) is 0 Å². The number of nitrogens with zero attached hydrogens (tertiary/aromatic N) is 1. The Kier molecular flexibility index (Phi) is 7.30. The minimum absolute atomic E-state index is 0.0158. The molecule has 0 fully saturated rings. The average molecular weight is 357 g/mol. The number of carbonyl (C=O) groups excluding carboxylic acids is 1. The van der Waals surface area contributed by atoms with E-state index in [0.717, 1.165) is 19.3 Å². The third kappa shape index (κ3) is 5.41. The van der Waals surface area contributed by atoms with E-state index in [9.17, 15) is 4.79 Å². The molecule has 2 rings (SSSR count). The second-order valence-electron chi connectivity index (χ2n) is 5.60. The number of ether oxygens (including phenoxy) is 2. The van der Waals surface area contributed by atoms with Crippen molar-refractivity contribution in [2.45, 2.75) is 19.3 Å². The molecule has 0 unspecified atom stereocenters. The van der Waals surface area contributed by atoms with Gasteiger partial charge in [-0.15, -0.1) is 0 Å². The lowest BCUT2D eigenvalue weighted by Crippen LogP contribution is -2.15. The third-order valence-electron chi connectivity index (χ3n) is 3.73. The van der Waals surface area contributed by atoms with Crippen LogP contribution >= 0.6 is 0 Å². The minimum Gasteiger partial charge on any atom is -0.493 e. The normalized spacial score (nSPS) is 11.2. The number of para-hydroxylation sites is 2. The summed E-state index contributed by atoms with van der Waals surface area (Å²) in [6, 6.07) is 14.0. The van der Waals surface area contributed by atoms with Crippen LogP contribution in [0.25, 0.3) is 0 Å². The van der Waals surface area contributed by atoms with E-state index in [1.165, 1.54) is 0 Å². The zero-order valence-electron chi connectivity index (χ0n) is 14.4. The number of rotatable bonds is 10. The first-order chi connectivity index (χ1) is 12.6. The second kappa shape index (κ2) is 9.93. The number of unbranched alkanes of at least 4 members (excludes halogenated alkanes) is 2. The largest absolute Gasteiger partial charge is 0.493 e. The quantitative estimate of drug-likeness (QED) is 0.198. The van der Waals surface area contributed by atoms with Gasteiger partial charge in [0.1, 0.15) is 11.5 Å². The Morgan fingerprint density at radius 3 is 1.88 bits per heavy atom. The average Bonchev–Trinajstić information content (AvgIpc) is 2.67. The van der Waals surface area contributed by atoms with Crippen molar-refractivity contribution in [3.8, 4) is 11.5 Å². The van der Waals surface area contributed by atoms with Crippen molar-refractivity contribution in [1.82, 2.24) is 0 Å². The lowest BCUT2D eigenvalue weighted by atomic mass is 10.2. The second-order valence-corrected chi connectivity index (χ2v) is 5.60. The van der Waals surface area contributed by atoms with Gasteiger partial charge in [-0.2, -0.15) is 0 Å². The lowest BCUT2D eigenvalue weighted by Gasteiger charge is -2.11. The summed E-state index contributed by atoms with van der Waals surface area (Å²) >= 11 is 0. The molecule has 1 amide bonds. The van der Waals surface area contributed by atoms with Crippen LogP contribution in [0.3, 0.4) is 0 Å². The highest BCUT2D eigenvalue weighted by Crippen LogP contribution is 2.19. The Morgan fingerprint density at radius 2 is 1.35 bits per heavy atom. The number of primary amides is 1. The summed E-state index contributed by atoms with van der Waals surface area (Å²) in [6.07, 6.45) is 2.54. The number of benzene rings is 2. The molecule has 0 radical (unpaired) electrons. The van der Waals surface area contributed by atoms with E-state index in [-0.39, 0.29) is 5.84 Å². The van der Waals surface area contributed by atoms with E-state index in [0.29, 0.717) is 35.8 Å². The molecule has 0 aliphatic heterocycles. The highest BCUT2D eigenvalue weighted by molar-refractivity contribution is 5.99. The van der Waals surface area contributed by atoms with Crippen molar-refractivity contribution in [2.75, 3.05) is 13.2 Å². The molecule has 0 saturated carbocycles. The zero-order chi connectivity index (χ0) is 18.8. The molecule has 138 valence electrons. The van der Waals surface area contributed by atoms with Gasteiger partial charge in [-0.25, -0.2) is 0 Å². The van der Waals surface area contributed by atoms with Gasteiger partial charge < -0.3 is 26.1 Å². The Hall–Kier alpha value is -3.22. The summed E-state index contributed by atoms with van der Waals surface area (Å²) in [7, 11) is 0. The maximum Gasteiger partial charge on any atom is 0.252 e. The molecule has 0 aliphatic rings. The summed E-state index contributed by atoms with van der Waals surface area (Å²) in [4.78, 5) is 11.3. The molecule has 2 aromatic rings. The van der Waals surface area contributed by atoms with Gasteiger partial charge >= 0.3 is 0 Å². The van der Waals surface area contributed by atoms with E-state index in [2.05, 4.69) is 5.16 Å². The van der Waals surface area contributed by atoms with Crippen LogP contribution in [0.5, 0.6) is 11.5 Å². The van der Waals surface area contributed by atoms with Gasteiger partial charge in [-0.05, 0) is 43.5 Å². The van der Waals surface area contributed by atoms with Gasteiger partial charge in [0.2, 0.25) is 0 Å². The van der Waals surface area contributed by atoms with Crippen molar-refractivity contribution in [3.63, 3.8) is 0 Å². The summed E-state index contributed by atoms with van der Waals surface area (Å²) in [5.74, 6) is 0.596. The predicted molar refractivity (Wildman–Crippen MR) is 98.8 cm³/mol. The number of hydrogen-bond acceptors (Lipinski definition) is 5. The van der Waals surface area contributed by atoms with E-state index in [4.69, 9.17) is 26.1 Å². The molecule has 7 nitrogen and oxygen atoms in total. The van der Waals surface area contributed by atoms with Gasteiger partial charge in [0.25, 0.3) is 5.91 Å². The first kappa shape index (κ1) is 19.1. The van der Waals surface area contributed by atoms with Gasteiger partial charge in [0.15, 0.2) is 5.84 Å². The van der Waals surface area contributed by atoms with E-state index < -0.39 is 5.91 Å². The molecular weight excluding hydrogens is 334 g/mol. The molecule has 2 aromatic carbocycles. The van der Waals surface area contributed by atoms with Crippen LogP contribution in [0.1, 0.15) is 35.2 Å². The molecular formula is C19H23N3O4. The molecule has 0 aliphatic carbocycles. The van der Waals surface area contributed by atoms with Crippen LogP contribution in [0.15, 0.2) is 53.7 Å². The van der Waals surface area contributed by atoms with Gasteiger partial charge in [0, 0.05) is 0 Å². The molecule has 0 heterocycles. The first-order valence-corrected chi connectivity index (χ1v) is 8.35. The van der Waals surface area contributed by atoms with Crippen molar-refractivity contribution in [3.05, 3.63) is 59.7 Å². The highest BCUT2D eigenvalue weighted by atomic mass is 16.5. The van der Waals surface area contributed by atoms with Gasteiger partial charge in [-0.1, -0.05) is 29.4 Å². The van der Waals surface area contributed by atoms with Crippen molar-refractivity contribution >= 4 is 11.7 Å². The maximum absolute atomic E-state index is 11.3. The molecule has 0 aromatic heterocycles. The zero-order valence-corrected chi connectivity index (χ0v) is 14.4. The summed E-state index contributed by atoms with van der Waals surface area (Å²) in [6.45, 7) is 0.999. The van der Waals surface area contributed by atoms with Crippen LogP contribution in [0.4, 0.5) is 0 Å².